The van der Waals surface area contributed by atoms with E-state index in [1.807, 2.05) is 0 Å². The van der Waals surface area contributed by atoms with Crippen molar-refractivity contribution in [3.8, 4) is 11.8 Å². The maximum absolute atomic E-state index is 13.4. The molecule has 1 aromatic rings. The van der Waals surface area contributed by atoms with Crippen LogP contribution in [-0.2, 0) is 6.18 Å². The van der Waals surface area contributed by atoms with Crippen molar-refractivity contribution in [2.75, 3.05) is 5.33 Å². The lowest BCUT2D eigenvalue weighted by Crippen LogP contribution is -2.08. The quantitative estimate of drug-likeness (QED) is 0.417. The van der Waals surface area contributed by atoms with Gasteiger partial charge in [0.25, 0.3) is 0 Å². The minimum Gasteiger partial charge on any atom is -0.205 e. The summed E-state index contributed by atoms with van der Waals surface area (Å²) in [4.78, 5) is 0. The summed E-state index contributed by atoms with van der Waals surface area (Å²) in [6.45, 7) is 0. The fourth-order valence-electron chi connectivity index (χ4n) is 1.05. The molecule has 0 atom stereocenters. The van der Waals surface area contributed by atoms with Gasteiger partial charge in [-0.2, -0.15) is 13.2 Å². The molecule has 86 valence electrons. The van der Waals surface area contributed by atoms with E-state index in [9.17, 15) is 17.6 Å². The van der Waals surface area contributed by atoms with Crippen LogP contribution in [0.1, 0.15) is 17.5 Å². The van der Waals surface area contributed by atoms with E-state index in [0.29, 0.717) is 17.8 Å². The first-order valence-corrected chi connectivity index (χ1v) is 5.49. The van der Waals surface area contributed by atoms with Crippen LogP contribution in [0.25, 0.3) is 0 Å². The van der Waals surface area contributed by atoms with Gasteiger partial charge in [-0.3, -0.25) is 0 Å². The highest BCUT2D eigenvalue weighted by Crippen LogP contribution is 2.32. The lowest BCUT2D eigenvalue weighted by Gasteiger charge is -2.08. The highest BCUT2D eigenvalue weighted by atomic mass is 79.9. The molecule has 0 unspecified atom stereocenters. The third-order valence-corrected chi connectivity index (χ3v) is 2.14. The molecule has 0 nitrogen and oxygen atoms in total. The van der Waals surface area contributed by atoms with Gasteiger partial charge in [-0.15, -0.1) is 0 Å². The average Bonchev–Trinajstić information content (AvgIpc) is 2.19. The highest BCUT2D eigenvalue weighted by molar-refractivity contribution is 9.09. The summed E-state index contributed by atoms with van der Waals surface area (Å²) in [5.74, 6) is 3.63. The molecule has 5 heteroatoms. The lowest BCUT2D eigenvalue weighted by molar-refractivity contribution is -0.140. The second-order valence-corrected chi connectivity index (χ2v) is 3.70. The fraction of sp³-hybridized carbons (Fsp3) is 0.273. The summed E-state index contributed by atoms with van der Waals surface area (Å²) in [5, 5.41) is 0.598. The minimum absolute atomic E-state index is 0.226. The van der Waals surface area contributed by atoms with Gasteiger partial charge in [-0.05, 0) is 12.1 Å². The highest BCUT2D eigenvalue weighted by Gasteiger charge is 2.34. The summed E-state index contributed by atoms with van der Waals surface area (Å²) in [7, 11) is 0. The Morgan fingerprint density at radius 2 is 1.94 bits per heavy atom. The lowest BCUT2D eigenvalue weighted by atomic mass is 10.1. The zero-order valence-corrected chi connectivity index (χ0v) is 9.62. The molecule has 0 aliphatic carbocycles. The molecule has 0 aliphatic heterocycles. The predicted molar refractivity (Wildman–Crippen MR) is 56.7 cm³/mol. The first-order chi connectivity index (χ1) is 7.46. The SMILES string of the molecule is Fc1c(C#CCCBr)cccc1C(F)(F)F. The number of hydrogen-bond acceptors (Lipinski definition) is 0. The molecule has 0 bridgehead atoms. The second-order valence-electron chi connectivity index (χ2n) is 2.91. The molecule has 0 radical (unpaired) electrons. The monoisotopic (exact) mass is 294 g/mol. The van der Waals surface area contributed by atoms with Crippen molar-refractivity contribution in [1.29, 1.82) is 0 Å². The van der Waals surface area contributed by atoms with Crippen molar-refractivity contribution in [1.82, 2.24) is 0 Å². The molecule has 0 amide bonds. The number of benzene rings is 1. The zero-order valence-electron chi connectivity index (χ0n) is 8.04. The smallest absolute Gasteiger partial charge is 0.205 e. The molecule has 1 aromatic carbocycles. The van der Waals surface area contributed by atoms with Gasteiger partial charge in [0.2, 0.25) is 0 Å². The van der Waals surface area contributed by atoms with E-state index in [4.69, 9.17) is 0 Å². The van der Waals surface area contributed by atoms with Gasteiger partial charge in [0, 0.05) is 11.8 Å². The van der Waals surface area contributed by atoms with Crippen LogP contribution in [0.5, 0.6) is 0 Å². The van der Waals surface area contributed by atoms with Gasteiger partial charge < -0.3 is 0 Å². The van der Waals surface area contributed by atoms with Gasteiger partial charge in [0.15, 0.2) is 5.82 Å². The Labute approximate surface area is 98.8 Å². The van der Waals surface area contributed by atoms with Crippen LogP contribution in [0, 0.1) is 17.7 Å². The molecule has 0 spiro atoms. The van der Waals surface area contributed by atoms with E-state index < -0.39 is 17.6 Å². The normalized spacial score (nSPS) is 10.8. The average molecular weight is 295 g/mol. The number of alkyl halides is 4. The van der Waals surface area contributed by atoms with Crippen molar-refractivity contribution in [2.45, 2.75) is 12.6 Å². The third kappa shape index (κ3) is 3.24. The van der Waals surface area contributed by atoms with Gasteiger partial charge in [0.05, 0.1) is 11.1 Å². The largest absolute Gasteiger partial charge is 0.419 e. The Morgan fingerprint density at radius 3 is 2.50 bits per heavy atom. The molecule has 0 N–H and O–H groups in total. The molecule has 0 fully saturated rings. The summed E-state index contributed by atoms with van der Waals surface area (Å²) in [6.07, 6.45) is -4.23. The van der Waals surface area contributed by atoms with Crippen LogP contribution < -0.4 is 0 Å². The maximum atomic E-state index is 13.4. The molecule has 0 heterocycles. The van der Waals surface area contributed by atoms with E-state index in [-0.39, 0.29) is 5.56 Å². The predicted octanol–water partition coefficient (Wildman–Crippen LogP) is 3.98. The molecule has 0 saturated heterocycles. The molecule has 0 aliphatic rings. The Bertz CT molecular complexity index is 426. The van der Waals surface area contributed by atoms with Crippen molar-refractivity contribution in [3.05, 3.63) is 35.1 Å². The molecule has 0 saturated carbocycles. The topological polar surface area (TPSA) is 0 Å². The molecule has 16 heavy (non-hydrogen) atoms. The Kier molecular flexibility index (Phi) is 4.36. The van der Waals surface area contributed by atoms with Crippen LogP contribution >= 0.6 is 15.9 Å². The van der Waals surface area contributed by atoms with Crippen LogP contribution in [0.4, 0.5) is 17.6 Å². The van der Waals surface area contributed by atoms with Gasteiger partial charge in [-0.25, -0.2) is 4.39 Å². The van der Waals surface area contributed by atoms with Crippen LogP contribution in [0.2, 0.25) is 0 Å². The second kappa shape index (κ2) is 5.35. The number of hydrogen-bond donors (Lipinski definition) is 0. The van der Waals surface area contributed by atoms with Gasteiger partial charge >= 0.3 is 6.18 Å². The summed E-state index contributed by atoms with van der Waals surface area (Å²) in [6, 6.07) is 3.07. The van der Waals surface area contributed by atoms with E-state index in [0.717, 1.165) is 6.07 Å². The van der Waals surface area contributed by atoms with Crippen molar-refractivity contribution in [2.24, 2.45) is 0 Å². The summed E-state index contributed by atoms with van der Waals surface area (Å²) >= 11 is 3.11. The minimum atomic E-state index is -4.68. The fourth-order valence-corrected chi connectivity index (χ4v) is 1.25. The number of rotatable bonds is 1. The molecular formula is C11H7BrF4. The number of halogens is 5. The van der Waals surface area contributed by atoms with E-state index >= 15 is 0 Å². The Morgan fingerprint density at radius 1 is 1.25 bits per heavy atom. The molecule has 0 aromatic heterocycles. The molecular weight excluding hydrogens is 288 g/mol. The first kappa shape index (κ1) is 13.0. The first-order valence-electron chi connectivity index (χ1n) is 4.37. The van der Waals surface area contributed by atoms with Gasteiger partial charge in [-0.1, -0.05) is 33.8 Å². The van der Waals surface area contributed by atoms with Crippen molar-refractivity contribution in [3.63, 3.8) is 0 Å². The van der Waals surface area contributed by atoms with E-state index in [1.165, 1.54) is 6.07 Å². The summed E-state index contributed by atoms with van der Waals surface area (Å²) < 4.78 is 50.3. The van der Waals surface area contributed by atoms with Crippen LogP contribution in [-0.4, -0.2) is 5.33 Å². The summed E-state index contributed by atoms with van der Waals surface area (Å²) in [5.41, 5.74) is -1.51. The van der Waals surface area contributed by atoms with Gasteiger partial charge in [0.1, 0.15) is 0 Å². The van der Waals surface area contributed by atoms with Crippen molar-refractivity contribution < 1.29 is 17.6 Å². The standard InChI is InChI=1S/C11H7BrF4/c12-7-2-1-4-8-5-3-6-9(10(8)13)11(14,15)16/h3,5-6H,2,7H2. The van der Waals surface area contributed by atoms with E-state index in [1.54, 1.807) is 0 Å². The molecule has 1 rings (SSSR count). The Hall–Kier alpha value is -1.02. The maximum Gasteiger partial charge on any atom is 0.419 e. The third-order valence-electron chi connectivity index (χ3n) is 1.75. The van der Waals surface area contributed by atoms with Crippen LogP contribution in [0.15, 0.2) is 18.2 Å². The van der Waals surface area contributed by atoms with E-state index in [2.05, 4.69) is 27.8 Å². The van der Waals surface area contributed by atoms with Crippen molar-refractivity contribution >= 4 is 15.9 Å². The Balaban J connectivity index is 3.11. The zero-order chi connectivity index (χ0) is 12.2. The van der Waals surface area contributed by atoms with Crippen LogP contribution in [0.3, 0.4) is 0 Å².